The van der Waals surface area contributed by atoms with Crippen molar-refractivity contribution in [2.24, 2.45) is 0 Å². The number of hydrogen-bond acceptors (Lipinski definition) is 3. The lowest BCUT2D eigenvalue weighted by molar-refractivity contribution is -0.255. The molecule has 0 fully saturated rings. The van der Waals surface area contributed by atoms with Crippen LogP contribution in [0.15, 0.2) is 18.2 Å². The van der Waals surface area contributed by atoms with Crippen LogP contribution >= 0.6 is 0 Å². The molecule has 58 valence electrons. The predicted octanol–water partition coefficient (Wildman–Crippen LogP) is -0.229. The van der Waals surface area contributed by atoms with Crippen molar-refractivity contribution in [1.29, 1.82) is 0 Å². The topological polar surface area (TPSA) is 66.2 Å². The Morgan fingerprint density at radius 1 is 1.55 bits per heavy atom. The number of carbonyl (C=O) groups is 1. The van der Waals surface area contributed by atoms with E-state index in [-0.39, 0.29) is 5.69 Å². The molecule has 2 N–H and O–H groups in total. The molecule has 0 aliphatic heterocycles. The maximum Gasteiger partial charge on any atom is 0.134 e. The minimum Gasteiger partial charge on any atom is -0.545 e. The van der Waals surface area contributed by atoms with Gasteiger partial charge in [0.1, 0.15) is 5.82 Å². The van der Waals surface area contributed by atoms with Crippen LogP contribution < -0.4 is 10.8 Å². The molecule has 0 amide bonds. The Balaban J connectivity index is 3.32. The number of anilines is 1. The van der Waals surface area contributed by atoms with E-state index in [9.17, 15) is 14.3 Å². The van der Waals surface area contributed by atoms with E-state index in [1.807, 2.05) is 0 Å². The Labute approximate surface area is 62.3 Å². The lowest BCUT2D eigenvalue weighted by Crippen LogP contribution is -2.24. The van der Waals surface area contributed by atoms with Gasteiger partial charge in [0.25, 0.3) is 0 Å². The minimum absolute atomic E-state index is 0.120. The van der Waals surface area contributed by atoms with Crippen molar-refractivity contribution in [3.05, 3.63) is 29.6 Å². The maximum atomic E-state index is 12.6. The van der Waals surface area contributed by atoms with Gasteiger partial charge in [0, 0.05) is 5.69 Å². The van der Waals surface area contributed by atoms with E-state index >= 15 is 0 Å². The van der Waals surface area contributed by atoms with Crippen LogP contribution in [-0.2, 0) is 0 Å². The summed E-state index contributed by atoms with van der Waals surface area (Å²) < 4.78 is 12.6. The molecule has 0 radical (unpaired) electrons. The third kappa shape index (κ3) is 1.29. The molecule has 11 heavy (non-hydrogen) atoms. The fourth-order valence-corrected chi connectivity index (χ4v) is 0.756. The van der Waals surface area contributed by atoms with Crippen molar-refractivity contribution in [2.75, 3.05) is 5.73 Å². The van der Waals surface area contributed by atoms with Gasteiger partial charge in [-0.25, -0.2) is 4.39 Å². The molecular formula is C7H5FNO2-. The molecule has 0 saturated heterocycles. The molecular weight excluding hydrogens is 149 g/mol. The number of aromatic carboxylic acids is 1. The summed E-state index contributed by atoms with van der Waals surface area (Å²) in [4.78, 5) is 10.2. The molecule has 0 saturated carbocycles. The average Bonchev–Trinajstić information content (AvgIpc) is 1.85. The number of carbonyl (C=O) groups excluding carboxylic acids is 1. The number of halogens is 1. The van der Waals surface area contributed by atoms with Gasteiger partial charge >= 0.3 is 0 Å². The molecule has 3 nitrogen and oxygen atoms in total. The second kappa shape index (κ2) is 2.57. The molecule has 0 aliphatic rings. The second-order valence-electron chi connectivity index (χ2n) is 1.99. The zero-order valence-electron chi connectivity index (χ0n) is 5.50. The van der Waals surface area contributed by atoms with Gasteiger partial charge in [-0.05, 0) is 12.1 Å². The summed E-state index contributed by atoms with van der Waals surface area (Å²) in [6, 6.07) is 3.65. The lowest BCUT2D eigenvalue weighted by Gasteiger charge is -2.06. The maximum absolute atomic E-state index is 12.6. The van der Waals surface area contributed by atoms with Gasteiger partial charge in [0.15, 0.2) is 0 Å². The largest absolute Gasteiger partial charge is 0.545 e. The van der Waals surface area contributed by atoms with Crippen LogP contribution in [0.4, 0.5) is 10.1 Å². The second-order valence-corrected chi connectivity index (χ2v) is 1.99. The van der Waals surface area contributed by atoms with Gasteiger partial charge in [0.2, 0.25) is 0 Å². The fourth-order valence-electron chi connectivity index (χ4n) is 0.756. The number of nitrogen functional groups attached to an aromatic ring is 1. The molecule has 1 aromatic rings. The summed E-state index contributed by atoms with van der Waals surface area (Å²) in [6.45, 7) is 0. The Bertz CT molecular complexity index is 278. The highest BCUT2D eigenvalue weighted by atomic mass is 19.1. The van der Waals surface area contributed by atoms with Crippen molar-refractivity contribution in [3.63, 3.8) is 0 Å². The zero-order valence-corrected chi connectivity index (χ0v) is 5.50. The molecule has 0 atom stereocenters. The van der Waals surface area contributed by atoms with Crippen molar-refractivity contribution >= 4 is 11.7 Å². The molecule has 4 heteroatoms. The lowest BCUT2D eigenvalue weighted by atomic mass is 10.2. The standard InChI is InChI=1S/C7H6FNO2/c8-4-2-1-3-5(9)6(4)7(10)11/h1-3H,9H2,(H,10,11)/p-1. The van der Waals surface area contributed by atoms with E-state index in [4.69, 9.17) is 5.73 Å². The average molecular weight is 154 g/mol. The van der Waals surface area contributed by atoms with Crippen molar-refractivity contribution in [1.82, 2.24) is 0 Å². The van der Waals surface area contributed by atoms with Crippen LogP contribution in [0.2, 0.25) is 0 Å². The molecule has 0 heterocycles. The molecule has 0 unspecified atom stereocenters. The number of rotatable bonds is 1. The van der Waals surface area contributed by atoms with Gasteiger partial charge in [0.05, 0.1) is 11.5 Å². The number of carboxylic acid groups (broad SMARTS) is 1. The summed E-state index contributed by atoms with van der Waals surface area (Å²) in [7, 11) is 0. The van der Waals surface area contributed by atoms with Crippen LogP contribution in [0.1, 0.15) is 10.4 Å². The van der Waals surface area contributed by atoms with Gasteiger partial charge in [-0.1, -0.05) is 6.07 Å². The van der Waals surface area contributed by atoms with Gasteiger partial charge in [-0.2, -0.15) is 0 Å². The number of carboxylic acids is 1. The van der Waals surface area contributed by atoms with Gasteiger partial charge in [-0.3, -0.25) is 0 Å². The van der Waals surface area contributed by atoms with Crippen LogP contribution in [-0.4, -0.2) is 5.97 Å². The summed E-state index contributed by atoms with van der Waals surface area (Å²) in [5.74, 6) is -2.47. The van der Waals surface area contributed by atoms with E-state index in [1.54, 1.807) is 0 Å². The molecule has 0 bridgehead atoms. The normalized spacial score (nSPS) is 9.55. The molecule has 1 aromatic carbocycles. The first-order chi connectivity index (χ1) is 5.13. The van der Waals surface area contributed by atoms with Crippen LogP contribution in [0.25, 0.3) is 0 Å². The van der Waals surface area contributed by atoms with E-state index in [2.05, 4.69) is 0 Å². The van der Waals surface area contributed by atoms with Crippen LogP contribution in [0.5, 0.6) is 0 Å². The first-order valence-electron chi connectivity index (χ1n) is 2.88. The van der Waals surface area contributed by atoms with Gasteiger partial charge in [-0.15, -0.1) is 0 Å². The summed E-state index contributed by atoms with van der Waals surface area (Å²) in [5, 5.41) is 10.2. The third-order valence-corrected chi connectivity index (χ3v) is 1.25. The summed E-state index contributed by atoms with van der Waals surface area (Å²) >= 11 is 0. The van der Waals surface area contributed by atoms with Crippen molar-refractivity contribution in [2.45, 2.75) is 0 Å². The SMILES string of the molecule is Nc1cccc(F)c1C(=O)[O-]. The van der Waals surface area contributed by atoms with E-state index < -0.39 is 17.3 Å². The monoisotopic (exact) mass is 154 g/mol. The predicted molar refractivity (Wildman–Crippen MR) is 35.1 cm³/mol. The minimum atomic E-state index is -1.60. The van der Waals surface area contributed by atoms with Crippen molar-refractivity contribution < 1.29 is 14.3 Å². The number of benzene rings is 1. The first kappa shape index (κ1) is 7.53. The highest BCUT2D eigenvalue weighted by Crippen LogP contribution is 2.13. The van der Waals surface area contributed by atoms with Crippen molar-refractivity contribution in [3.8, 4) is 0 Å². The zero-order chi connectivity index (χ0) is 8.43. The summed E-state index contributed by atoms with van der Waals surface area (Å²) in [5.41, 5.74) is 4.46. The van der Waals surface area contributed by atoms with Gasteiger partial charge < -0.3 is 15.6 Å². The first-order valence-corrected chi connectivity index (χ1v) is 2.88. The van der Waals surface area contributed by atoms with Crippen LogP contribution in [0, 0.1) is 5.82 Å². The molecule has 1 rings (SSSR count). The highest BCUT2D eigenvalue weighted by molar-refractivity contribution is 5.92. The molecule has 0 aliphatic carbocycles. The number of hydrogen-bond donors (Lipinski definition) is 1. The molecule has 0 spiro atoms. The Morgan fingerprint density at radius 2 is 2.18 bits per heavy atom. The Kier molecular flexibility index (Phi) is 1.76. The Hall–Kier alpha value is -1.58. The van der Waals surface area contributed by atoms with E-state index in [0.29, 0.717) is 0 Å². The smallest absolute Gasteiger partial charge is 0.134 e. The Morgan fingerprint density at radius 3 is 2.55 bits per heavy atom. The summed E-state index contributed by atoms with van der Waals surface area (Å²) in [6.07, 6.45) is 0. The quantitative estimate of drug-likeness (QED) is 0.568. The third-order valence-electron chi connectivity index (χ3n) is 1.25. The van der Waals surface area contributed by atoms with E-state index in [1.165, 1.54) is 12.1 Å². The van der Waals surface area contributed by atoms with Crippen LogP contribution in [0.3, 0.4) is 0 Å². The fraction of sp³-hybridized carbons (Fsp3) is 0. The van der Waals surface area contributed by atoms with E-state index in [0.717, 1.165) is 6.07 Å². The molecule has 0 aromatic heterocycles. The number of nitrogens with two attached hydrogens (primary N) is 1. The highest BCUT2D eigenvalue weighted by Gasteiger charge is 2.05.